The molecule has 0 amide bonds. The van der Waals surface area contributed by atoms with Gasteiger partial charge in [0, 0.05) is 12.7 Å². The van der Waals surface area contributed by atoms with Gasteiger partial charge in [-0.25, -0.2) is 4.98 Å². The van der Waals surface area contributed by atoms with Gasteiger partial charge in [-0.1, -0.05) is 20.3 Å². The molecule has 17 heavy (non-hydrogen) atoms. The average molecular weight is 232 g/mol. The molecule has 0 bridgehead atoms. The summed E-state index contributed by atoms with van der Waals surface area (Å²) in [5.74, 6) is 1.41. The van der Waals surface area contributed by atoms with Crippen molar-refractivity contribution < 1.29 is 0 Å². The number of imidazole rings is 1. The van der Waals surface area contributed by atoms with E-state index in [1.165, 1.54) is 0 Å². The minimum absolute atomic E-state index is 0.00708. The number of hydrogen-bond acceptors (Lipinski definition) is 3. The molecule has 0 aliphatic carbocycles. The molecular weight excluding hydrogens is 212 g/mol. The molecular formula is C13H20N4. The van der Waals surface area contributed by atoms with Crippen molar-refractivity contribution in [1.82, 2.24) is 14.5 Å². The first-order chi connectivity index (χ1) is 8.19. The first-order valence-corrected chi connectivity index (χ1v) is 6.24. The van der Waals surface area contributed by atoms with Gasteiger partial charge < -0.3 is 10.3 Å². The topological polar surface area (TPSA) is 56.7 Å². The lowest BCUT2D eigenvalue weighted by Gasteiger charge is -2.18. The van der Waals surface area contributed by atoms with Crippen LogP contribution < -0.4 is 5.73 Å². The van der Waals surface area contributed by atoms with E-state index >= 15 is 0 Å². The SMILES string of the molecule is CCC(C)C(N)c1nc2cnccc2n1CC. The van der Waals surface area contributed by atoms with E-state index in [9.17, 15) is 0 Å². The van der Waals surface area contributed by atoms with Crippen LogP contribution in [0.25, 0.3) is 11.0 Å². The predicted octanol–water partition coefficient (Wildman–Crippen LogP) is 2.50. The van der Waals surface area contributed by atoms with Gasteiger partial charge in [-0.3, -0.25) is 4.98 Å². The Bertz CT molecular complexity index is 503. The molecule has 0 radical (unpaired) electrons. The third kappa shape index (κ3) is 2.05. The van der Waals surface area contributed by atoms with Crippen LogP contribution in [0, 0.1) is 5.92 Å². The Hall–Kier alpha value is -1.42. The quantitative estimate of drug-likeness (QED) is 0.881. The zero-order valence-corrected chi connectivity index (χ0v) is 10.7. The fraction of sp³-hybridized carbons (Fsp3) is 0.538. The molecule has 2 heterocycles. The molecule has 2 atom stereocenters. The molecule has 0 aliphatic heterocycles. The van der Waals surface area contributed by atoms with Crippen molar-refractivity contribution in [3.63, 3.8) is 0 Å². The van der Waals surface area contributed by atoms with Gasteiger partial charge in [-0.15, -0.1) is 0 Å². The van der Waals surface area contributed by atoms with Crippen molar-refractivity contribution in [3.05, 3.63) is 24.3 Å². The highest BCUT2D eigenvalue weighted by Crippen LogP contribution is 2.24. The first-order valence-electron chi connectivity index (χ1n) is 6.24. The van der Waals surface area contributed by atoms with Gasteiger partial charge in [0.1, 0.15) is 11.3 Å². The maximum absolute atomic E-state index is 6.29. The number of hydrogen-bond donors (Lipinski definition) is 1. The monoisotopic (exact) mass is 232 g/mol. The molecule has 0 saturated carbocycles. The number of aromatic nitrogens is 3. The fourth-order valence-corrected chi connectivity index (χ4v) is 2.10. The Labute approximate surface area is 102 Å². The lowest BCUT2D eigenvalue weighted by Crippen LogP contribution is -2.22. The fourth-order valence-electron chi connectivity index (χ4n) is 2.10. The van der Waals surface area contributed by atoms with Crippen molar-refractivity contribution in [2.24, 2.45) is 11.7 Å². The standard InChI is InChI=1S/C13H20N4/c1-4-9(3)12(14)13-16-10-8-15-7-6-11(10)17(13)5-2/h6-9,12H,4-5,14H2,1-3H3. The molecule has 0 aromatic carbocycles. The maximum Gasteiger partial charge on any atom is 0.127 e. The molecule has 2 rings (SSSR count). The number of aryl methyl sites for hydroxylation is 1. The smallest absolute Gasteiger partial charge is 0.127 e. The normalized spacial score (nSPS) is 15.1. The van der Waals surface area contributed by atoms with Gasteiger partial charge in [-0.2, -0.15) is 0 Å². The summed E-state index contributed by atoms with van der Waals surface area (Å²) < 4.78 is 2.19. The van der Waals surface area contributed by atoms with E-state index in [0.29, 0.717) is 5.92 Å². The van der Waals surface area contributed by atoms with Crippen molar-refractivity contribution in [2.75, 3.05) is 0 Å². The minimum atomic E-state index is -0.00708. The number of nitrogens with zero attached hydrogens (tertiary/aromatic N) is 3. The number of nitrogens with two attached hydrogens (primary N) is 1. The van der Waals surface area contributed by atoms with Crippen LogP contribution in [-0.4, -0.2) is 14.5 Å². The Morgan fingerprint density at radius 1 is 1.41 bits per heavy atom. The number of fused-ring (bicyclic) bond motifs is 1. The molecule has 0 aliphatic rings. The molecule has 0 fully saturated rings. The van der Waals surface area contributed by atoms with Crippen LogP contribution in [0.15, 0.2) is 18.5 Å². The van der Waals surface area contributed by atoms with Gasteiger partial charge in [0.05, 0.1) is 17.8 Å². The van der Waals surface area contributed by atoms with Crippen molar-refractivity contribution in [3.8, 4) is 0 Å². The van der Waals surface area contributed by atoms with Gasteiger partial charge in [0.25, 0.3) is 0 Å². The highest BCUT2D eigenvalue weighted by molar-refractivity contribution is 5.74. The van der Waals surface area contributed by atoms with Crippen LogP contribution in [0.4, 0.5) is 0 Å². The van der Waals surface area contributed by atoms with E-state index in [4.69, 9.17) is 5.73 Å². The third-order valence-electron chi connectivity index (χ3n) is 3.45. The van der Waals surface area contributed by atoms with E-state index in [1.54, 1.807) is 12.4 Å². The lowest BCUT2D eigenvalue weighted by molar-refractivity contribution is 0.427. The molecule has 4 heteroatoms. The lowest BCUT2D eigenvalue weighted by atomic mass is 9.99. The Morgan fingerprint density at radius 2 is 2.18 bits per heavy atom. The van der Waals surface area contributed by atoms with Gasteiger partial charge in [-0.05, 0) is 18.9 Å². The largest absolute Gasteiger partial charge is 0.327 e. The molecule has 2 aromatic rings. The molecule has 0 spiro atoms. The van der Waals surface area contributed by atoms with Crippen LogP contribution >= 0.6 is 0 Å². The minimum Gasteiger partial charge on any atom is -0.327 e. The van der Waals surface area contributed by atoms with Crippen LogP contribution in [0.1, 0.15) is 39.1 Å². The Kier molecular flexibility index (Phi) is 3.43. The summed E-state index contributed by atoms with van der Waals surface area (Å²) in [6.07, 6.45) is 4.66. The highest BCUT2D eigenvalue weighted by atomic mass is 15.1. The summed E-state index contributed by atoms with van der Waals surface area (Å²) in [5.41, 5.74) is 8.34. The van der Waals surface area contributed by atoms with Crippen molar-refractivity contribution in [2.45, 2.75) is 39.8 Å². The van der Waals surface area contributed by atoms with Gasteiger partial charge in [0.2, 0.25) is 0 Å². The van der Waals surface area contributed by atoms with Crippen molar-refractivity contribution >= 4 is 11.0 Å². The van der Waals surface area contributed by atoms with Crippen LogP contribution in [0.5, 0.6) is 0 Å². The average Bonchev–Trinajstić information content (AvgIpc) is 2.75. The molecule has 92 valence electrons. The van der Waals surface area contributed by atoms with E-state index in [2.05, 4.69) is 35.3 Å². The second-order valence-electron chi connectivity index (χ2n) is 4.49. The summed E-state index contributed by atoms with van der Waals surface area (Å²) >= 11 is 0. The Morgan fingerprint density at radius 3 is 2.82 bits per heavy atom. The second kappa shape index (κ2) is 4.84. The van der Waals surface area contributed by atoms with E-state index < -0.39 is 0 Å². The molecule has 2 aromatic heterocycles. The van der Waals surface area contributed by atoms with Crippen LogP contribution in [-0.2, 0) is 6.54 Å². The predicted molar refractivity (Wildman–Crippen MR) is 69.6 cm³/mol. The van der Waals surface area contributed by atoms with E-state index in [-0.39, 0.29) is 6.04 Å². The zero-order valence-electron chi connectivity index (χ0n) is 10.7. The highest BCUT2D eigenvalue weighted by Gasteiger charge is 2.20. The van der Waals surface area contributed by atoms with Gasteiger partial charge >= 0.3 is 0 Å². The molecule has 4 nitrogen and oxygen atoms in total. The summed E-state index contributed by atoms with van der Waals surface area (Å²) in [6.45, 7) is 7.33. The molecule has 2 N–H and O–H groups in total. The Balaban J connectivity index is 2.53. The zero-order chi connectivity index (χ0) is 12.4. The summed E-state index contributed by atoms with van der Waals surface area (Å²) in [7, 11) is 0. The first kappa shape index (κ1) is 12.0. The molecule has 2 unspecified atom stereocenters. The number of pyridine rings is 1. The number of rotatable bonds is 4. The summed E-state index contributed by atoms with van der Waals surface area (Å²) in [4.78, 5) is 8.74. The maximum atomic E-state index is 6.29. The molecule has 0 saturated heterocycles. The summed E-state index contributed by atoms with van der Waals surface area (Å²) in [6, 6.07) is 1.99. The van der Waals surface area contributed by atoms with Gasteiger partial charge in [0.15, 0.2) is 0 Å². The van der Waals surface area contributed by atoms with Crippen LogP contribution in [0.2, 0.25) is 0 Å². The second-order valence-corrected chi connectivity index (χ2v) is 4.49. The van der Waals surface area contributed by atoms with E-state index in [1.807, 2.05) is 6.07 Å². The summed E-state index contributed by atoms with van der Waals surface area (Å²) in [5, 5.41) is 0. The van der Waals surface area contributed by atoms with Crippen LogP contribution in [0.3, 0.4) is 0 Å². The third-order valence-corrected chi connectivity index (χ3v) is 3.45. The van der Waals surface area contributed by atoms with E-state index in [0.717, 1.165) is 29.8 Å². The van der Waals surface area contributed by atoms with Crippen molar-refractivity contribution in [1.29, 1.82) is 0 Å².